The summed E-state index contributed by atoms with van der Waals surface area (Å²) in [7, 11) is 1.68. The number of likely N-dealkylation sites (tertiary alicyclic amines) is 1. The minimum absolute atomic E-state index is 0.0171. The Morgan fingerprint density at radius 1 is 1.16 bits per heavy atom. The van der Waals surface area contributed by atoms with Gasteiger partial charge in [-0.15, -0.1) is 0 Å². The zero-order valence-electron chi connectivity index (χ0n) is 14.0. The van der Waals surface area contributed by atoms with Crippen molar-refractivity contribution in [1.82, 2.24) is 4.90 Å². The van der Waals surface area contributed by atoms with E-state index in [9.17, 15) is 9.59 Å². The first-order valence-electron chi connectivity index (χ1n) is 8.08. The van der Waals surface area contributed by atoms with Gasteiger partial charge in [0.25, 0.3) is 5.91 Å². The average molecular weight is 399 g/mol. The zero-order chi connectivity index (χ0) is 18.0. The molecule has 0 radical (unpaired) electrons. The predicted octanol–water partition coefficient (Wildman–Crippen LogP) is 4.19. The Bertz CT molecular complexity index is 799. The molecule has 1 saturated heterocycles. The molecule has 4 nitrogen and oxygen atoms in total. The van der Waals surface area contributed by atoms with Crippen molar-refractivity contribution in [3.05, 3.63) is 76.8 Å². The first kappa shape index (κ1) is 17.4. The van der Waals surface area contributed by atoms with Crippen LogP contribution < -0.4 is 4.90 Å². The van der Waals surface area contributed by atoms with E-state index in [1.54, 1.807) is 31.3 Å². The molecule has 0 saturated carbocycles. The third kappa shape index (κ3) is 3.51. The van der Waals surface area contributed by atoms with E-state index in [-0.39, 0.29) is 17.9 Å². The van der Waals surface area contributed by atoms with Crippen molar-refractivity contribution in [3.8, 4) is 0 Å². The van der Waals surface area contributed by atoms with Crippen molar-refractivity contribution in [2.75, 3.05) is 18.5 Å². The molecular weight excluding hydrogens is 380 g/mol. The molecule has 1 fully saturated rings. The fourth-order valence-corrected chi connectivity index (χ4v) is 3.18. The van der Waals surface area contributed by atoms with Gasteiger partial charge in [0.15, 0.2) is 0 Å². The second-order valence-corrected chi connectivity index (χ2v) is 6.92. The van der Waals surface area contributed by atoms with Crippen molar-refractivity contribution < 1.29 is 9.59 Å². The second kappa shape index (κ2) is 7.23. The molecule has 1 atom stereocenters. The largest absolute Gasteiger partial charge is 0.331 e. The molecule has 1 unspecified atom stereocenters. The molecule has 0 aromatic heterocycles. The summed E-state index contributed by atoms with van der Waals surface area (Å²) in [5, 5.41) is 0. The van der Waals surface area contributed by atoms with Crippen molar-refractivity contribution >= 4 is 33.4 Å². The first-order chi connectivity index (χ1) is 12.0. The highest BCUT2D eigenvalue weighted by Crippen LogP contribution is 2.35. The monoisotopic (exact) mass is 398 g/mol. The number of carbonyl (C=O) groups is 2. The van der Waals surface area contributed by atoms with Crippen LogP contribution in [0.4, 0.5) is 5.69 Å². The number of hydrogen-bond acceptors (Lipinski definition) is 2. The van der Waals surface area contributed by atoms with E-state index in [1.807, 2.05) is 29.2 Å². The average Bonchev–Trinajstić information content (AvgIpc) is 2.61. The van der Waals surface area contributed by atoms with Crippen LogP contribution in [-0.2, 0) is 4.79 Å². The van der Waals surface area contributed by atoms with Gasteiger partial charge < -0.3 is 9.80 Å². The number of rotatable bonds is 4. The van der Waals surface area contributed by atoms with Gasteiger partial charge in [-0.25, -0.2) is 0 Å². The number of likely N-dealkylation sites (N-methyl/N-ethyl adjacent to an activating group) is 1. The quantitative estimate of drug-likeness (QED) is 0.724. The van der Waals surface area contributed by atoms with Crippen LogP contribution in [0.2, 0.25) is 0 Å². The van der Waals surface area contributed by atoms with Gasteiger partial charge in [-0.1, -0.05) is 34.6 Å². The molecule has 128 valence electrons. The van der Waals surface area contributed by atoms with Crippen molar-refractivity contribution in [3.63, 3.8) is 0 Å². The summed E-state index contributed by atoms with van der Waals surface area (Å²) in [6, 6.07) is 15.3. The molecule has 2 aromatic carbocycles. The van der Waals surface area contributed by atoms with E-state index in [1.165, 1.54) is 11.0 Å². The lowest BCUT2D eigenvalue weighted by molar-refractivity contribution is -0.113. The molecule has 2 amide bonds. The van der Waals surface area contributed by atoms with Crippen molar-refractivity contribution in [2.24, 2.45) is 0 Å². The molecule has 3 rings (SSSR count). The topological polar surface area (TPSA) is 40.6 Å². The maximum atomic E-state index is 12.8. The highest BCUT2D eigenvalue weighted by Gasteiger charge is 2.33. The smallest absolute Gasteiger partial charge is 0.254 e. The van der Waals surface area contributed by atoms with Crippen LogP contribution in [0, 0.1) is 0 Å². The summed E-state index contributed by atoms with van der Waals surface area (Å²) in [6.45, 7) is 4.24. The van der Waals surface area contributed by atoms with Gasteiger partial charge in [0.1, 0.15) is 0 Å². The Labute approximate surface area is 155 Å². The lowest BCUT2D eigenvalue weighted by Gasteiger charge is -2.41. The van der Waals surface area contributed by atoms with E-state index >= 15 is 0 Å². The van der Waals surface area contributed by atoms with E-state index in [0.717, 1.165) is 28.7 Å². The number of halogens is 1. The number of benzene rings is 2. The Hall–Kier alpha value is -2.40. The molecule has 0 bridgehead atoms. The van der Waals surface area contributed by atoms with Crippen LogP contribution in [0.1, 0.15) is 28.4 Å². The molecule has 0 spiro atoms. The number of nitrogens with zero attached hydrogens (tertiary/aromatic N) is 2. The minimum Gasteiger partial charge on any atom is -0.331 e. The summed E-state index contributed by atoms with van der Waals surface area (Å²) < 4.78 is 1.03. The minimum atomic E-state index is -0.183. The molecule has 2 aromatic rings. The second-order valence-electron chi connectivity index (χ2n) is 6.00. The Balaban J connectivity index is 1.73. The van der Waals surface area contributed by atoms with Crippen LogP contribution in [0.25, 0.3) is 0 Å². The van der Waals surface area contributed by atoms with Gasteiger partial charge in [0.2, 0.25) is 5.91 Å². The number of anilines is 1. The lowest BCUT2D eigenvalue weighted by Crippen LogP contribution is -2.45. The van der Waals surface area contributed by atoms with E-state index in [2.05, 4.69) is 22.5 Å². The molecule has 25 heavy (non-hydrogen) atoms. The molecule has 1 aliphatic heterocycles. The van der Waals surface area contributed by atoms with Gasteiger partial charge >= 0.3 is 0 Å². The van der Waals surface area contributed by atoms with E-state index in [0.29, 0.717) is 5.56 Å². The maximum Gasteiger partial charge on any atom is 0.254 e. The molecular formula is C20H19BrN2O2. The highest BCUT2D eigenvalue weighted by atomic mass is 79.9. The fraction of sp³-hybridized carbons (Fsp3) is 0.200. The van der Waals surface area contributed by atoms with Gasteiger partial charge in [0, 0.05) is 29.3 Å². The third-order valence-electron chi connectivity index (χ3n) is 4.54. The summed E-state index contributed by atoms with van der Waals surface area (Å²) in [4.78, 5) is 27.8. The SMILES string of the molecule is C=CC(=O)N(C)c1ccc(C(=O)N2CCC2c2ccc(Br)cc2)cc1. The number of carbonyl (C=O) groups excluding carboxylic acids is 2. The Morgan fingerprint density at radius 2 is 1.80 bits per heavy atom. The molecule has 1 heterocycles. The zero-order valence-corrected chi connectivity index (χ0v) is 15.6. The van der Waals surface area contributed by atoms with Crippen LogP contribution in [0.5, 0.6) is 0 Å². The van der Waals surface area contributed by atoms with Gasteiger partial charge in [-0.3, -0.25) is 9.59 Å². The standard InChI is InChI=1S/C20H19BrN2O2/c1-3-19(24)22(2)17-10-6-15(7-11-17)20(25)23-13-12-18(23)14-4-8-16(21)9-5-14/h3-11,18H,1,12-13H2,2H3. The first-order valence-corrected chi connectivity index (χ1v) is 8.87. The van der Waals surface area contributed by atoms with Gasteiger partial charge in [-0.05, 0) is 54.5 Å². The number of amides is 2. The third-order valence-corrected chi connectivity index (χ3v) is 5.07. The van der Waals surface area contributed by atoms with Crippen LogP contribution in [0.15, 0.2) is 65.7 Å². The molecule has 5 heteroatoms. The molecule has 0 N–H and O–H groups in total. The normalized spacial score (nSPS) is 16.1. The molecule has 0 aliphatic carbocycles. The van der Waals surface area contributed by atoms with E-state index in [4.69, 9.17) is 0 Å². The van der Waals surface area contributed by atoms with Crippen molar-refractivity contribution in [1.29, 1.82) is 0 Å². The Kier molecular flexibility index (Phi) is 5.04. The predicted molar refractivity (Wildman–Crippen MR) is 103 cm³/mol. The summed E-state index contributed by atoms with van der Waals surface area (Å²) in [5.74, 6) is -0.166. The summed E-state index contributed by atoms with van der Waals surface area (Å²) in [6.07, 6.45) is 2.24. The summed E-state index contributed by atoms with van der Waals surface area (Å²) >= 11 is 3.43. The maximum absolute atomic E-state index is 12.8. The number of hydrogen-bond donors (Lipinski definition) is 0. The van der Waals surface area contributed by atoms with Crippen LogP contribution >= 0.6 is 15.9 Å². The van der Waals surface area contributed by atoms with Crippen LogP contribution in [0.3, 0.4) is 0 Å². The highest BCUT2D eigenvalue weighted by molar-refractivity contribution is 9.10. The fourth-order valence-electron chi connectivity index (χ4n) is 2.92. The van der Waals surface area contributed by atoms with Gasteiger partial charge in [-0.2, -0.15) is 0 Å². The Morgan fingerprint density at radius 3 is 2.32 bits per heavy atom. The van der Waals surface area contributed by atoms with Crippen LogP contribution in [-0.4, -0.2) is 30.3 Å². The van der Waals surface area contributed by atoms with E-state index < -0.39 is 0 Å². The lowest BCUT2D eigenvalue weighted by atomic mass is 9.93. The van der Waals surface area contributed by atoms with Crippen molar-refractivity contribution in [2.45, 2.75) is 12.5 Å². The molecule has 1 aliphatic rings. The van der Waals surface area contributed by atoms with Gasteiger partial charge in [0.05, 0.1) is 6.04 Å². The summed E-state index contributed by atoms with van der Waals surface area (Å²) in [5.41, 5.74) is 2.51.